The molecule has 3 nitrogen and oxygen atoms in total. The highest BCUT2D eigenvalue weighted by Crippen LogP contribution is 2.24. The molecule has 1 saturated heterocycles. The molecule has 0 bridgehead atoms. The molecule has 2 aromatic heterocycles. The summed E-state index contributed by atoms with van der Waals surface area (Å²) < 4.78 is 5.49. The van der Waals surface area contributed by atoms with Crippen LogP contribution in [0.2, 0.25) is 0 Å². The smallest absolute Gasteiger partial charge is 0.236 e. The van der Waals surface area contributed by atoms with Crippen molar-refractivity contribution in [3.8, 4) is 10.8 Å². The highest BCUT2D eigenvalue weighted by molar-refractivity contribution is 7.13. The summed E-state index contributed by atoms with van der Waals surface area (Å²) in [6.07, 6.45) is 6.12. The zero-order chi connectivity index (χ0) is 11.5. The van der Waals surface area contributed by atoms with Gasteiger partial charge in [-0.25, -0.2) is 4.98 Å². The van der Waals surface area contributed by atoms with Crippen LogP contribution in [0.5, 0.6) is 0 Å². The number of piperidine rings is 1. The molecule has 0 amide bonds. The van der Waals surface area contributed by atoms with Crippen LogP contribution >= 0.6 is 11.3 Å². The van der Waals surface area contributed by atoms with Gasteiger partial charge in [-0.05, 0) is 43.5 Å². The predicted molar refractivity (Wildman–Crippen MR) is 69.9 cm³/mol. The van der Waals surface area contributed by atoms with Crippen molar-refractivity contribution in [1.29, 1.82) is 0 Å². The van der Waals surface area contributed by atoms with Crippen LogP contribution in [0, 0.1) is 0 Å². The van der Waals surface area contributed by atoms with Gasteiger partial charge in [0.25, 0.3) is 0 Å². The molecule has 3 heterocycles. The van der Waals surface area contributed by atoms with Gasteiger partial charge >= 0.3 is 0 Å². The molecule has 0 saturated carbocycles. The van der Waals surface area contributed by atoms with Gasteiger partial charge in [-0.15, -0.1) is 11.3 Å². The highest BCUT2D eigenvalue weighted by atomic mass is 32.1. The van der Waals surface area contributed by atoms with Crippen molar-refractivity contribution >= 4 is 17.4 Å². The first kappa shape index (κ1) is 10.7. The molecule has 17 heavy (non-hydrogen) atoms. The number of nitrogens with zero attached hydrogens (tertiary/aromatic N) is 1. The van der Waals surface area contributed by atoms with Gasteiger partial charge in [-0.3, -0.25) is 0 Å². The fourth-order valence-corrected chi connectivity index (χ4v) is 2.62. The van der Waals surface area contributed by atoms with Crippen molar-refractivity contribution in [1.82, 2.24) is 10.3 Å². The number of hydrogen-bond donors (Lipinski definition) is 1. The SMILES string of the molecule is C(=C1CCNCC1)c1coc(-c2cccs2)n1. The molecule has 0 spiro atoms. The Morgan fingerprint density at radius 3 is 3.00 bits per heavy atom. The van der Waals surface area contributed by atoms with Crippen LogP contribution in [0.4, 0.5) is 0 Å². The molecule has 0 aromatic carbocycles. The van der Waals surface area contributed by atoms with Crippen LogP contribution in [-0.2, 0) is 0 Å². The number of hydrogen-bond acceptors (Lipinski definition) is 4. The van der Waals surface area contributed by atoms with E-state index in [2.05, 4.69) is 16.4 Å². The first-order valence-electron chi connectivity index (χ1n) is 5.81. The van der Waals surface area contributed by atoms with Gasteiger partial charge in [0.05, 0.1) is 4.88 Å². The number of nitrogens with one attached hydrogen (secondary N) is 1. The van der Waals surface area contributed by atoms with Crippen molar-refractivity contribution in [3.05, 3.63) is 35.0 Å². The molecule has 0 radical (unpaired) electrons. The Morgan fingerprint density at radius 2 is 2.24 bits per heavy atom. The van der Waals surface area contributed by atoms with Crippen LogP contribution in [0.25, 0.3) is 16.8 Å². The quantitative estimate of drug-likeness (QED) is 0.884. The molecule has 4 heteroatoms. The Morgan fingerprint density at radius 1 is 1.35 bits per heavy atom. The van der Waals surface area contributed by atoms with E-state index in [1.165, 1.54) is 5.57 Å². The first-order valence-corrected chi connectivity index (χ1v) is 6.69. The van der Waals surface area contributed by atoms with Gasteiger partial charge < -0.3 is 9.73 Å². The van der Waals surface area contributed by atoms with Gasteiger partial charge in [-0.2, -0.15) is 0 Å². The minimum absolute atomic E-state index is 0.723. The van der Waals surface area contributed by atoms with Gasteiger partial charge in [0.15, 0.2) is 0 Å². The minimum atomic E-state index is 0.723. The van der Waals surface area contributed by atoms with E-state index in [4.69, 9.17) is 4.42 Å². The zero-order valence-corrected chi connectivity index (χ0v) is 10.3. The molecule has 1 aliphatic rings. The lowest BCUT2D eigenvalue weighted by molar-refractivity contribution is 0.575. The Hall–Kier alpha value is -1.39. The zero-order valence-electron chi connectivity index (χ0n) is 9.48. The molecule has 0 aliphatic carbocycles. The highest BCUT2D eigenvalue weighted by Gasteiger charge is 2.08. The van der Waals surface area contributed by atoms with Crippen LogP contribution < -0.4 is 5.32 Å². The van der Waals surface area contributed by atoms with Crippen molar-refractivity contribution in [2.24, 2.45) is 0 Å². The van der Waals surface area contributed by atoms with E-state index in [9.17, 15) is 0 Å². The predicted octanol–water partition coefficient (Wildman–Crippen LogP) is 3.17. The fourth-order valence-electron chi connectivity index (χ4n) is 1.97. The number of oxazole rings is 1. The first-order chi connectivity index (χ1) is 8.42. The molecule has 1 fully saturated rings. The van der Waals surface area contributed by atoms with E-state index in [1.54, 1.807) is 17.6 Å². The van der Waals surface area contributed by atoms with Crippen LogP contribution in [0.15, 0.2) is 33.8 Å². The molecule has 0 atom stereocenters. The van der Waals surface area contributed by atoms with E-state index < -0.39 is 0 Å². The lowest BCUT2D eigenvalue weighted by Gasteiger charge is -2.14. The molecule has 3 rings (SSSR count). The van der Waals surface area contributed by atoms with Crippen molar-refractivity contribution in [2.45, 2.75) is 12.8 Å². The van der Waals surface area contributed by atoms with E-state index >= 15 is 0 Å². The number of aromatic nitrogens is 1. The van der Waals surface area contributed by atoms with Crippen molar-refractivity contribution < 1.29 is 4.42 Å². The molecule has 88 valence electrons. The number of thiophene rings is 1. The summed E-state index contributed by atoms with van der Waals surface area (Å²) in [7, 11) is 0. The molecule has 2 aromatic rings. The van der Waals surface area contributed by atoms with E-state index in [1.807, 2.05) is 17.5 Å². The van der Waals surface area contributed by atoms with Gasteiger partial charge in [0.2, 0.25) is 5.89 Å². The maximum atomic E-state index is 5.49. The van der Waals surface area contributed by atoms with Crippen LogP contribution in [0.1, 0.15) is 18.5 Å². The average molecular weight is 246 g/mol. The third kappa shape index (κ3) is 2.48. The standard InChI is InChI=1S/C13H14N2OS/c1-2-12(17-7-1)13-15-11(9-16-13)8-10-3-5-14-6-4-10/h1-2,7-9,14H,3-6H2. The van der Waals surface area contributed by atoms with Gasteiger partial charge in [-0.1, -0.05) is 11.6 Å². The third-order valence-corrected chi connectivity index (χ3v) is 3.71. The van der Waals surface area contributed by atoms with Gasteiger partial charge in [0, 0.05) is 0 Å². The van der Waals surface area contributed by atoms with E-state index in [0.717, 1.165) is 42.4 Å². The second-order valence-corrected chi connectivity index (χ2v) is 5.06. The fraction of sp³-hybridized carbons (Fsp3) is 0.308. The lowest BCUT2D eigenvalue weighted by Crippen LogP contribution is -2.22. The maximum absolute atomic E-state index is 5.49. The van der Waals surface area contributed by atoms with Crippen molar-refractivity contribution in [3.63, 3.8) is 0 Å². The van der Waals surface area contributed by atoms with Gasteiger partial charge in [0.1, 0.15) is 12.0 Å². The summed E-state index contributed by atoms with van der Waals surface area (Å²) in [6.45, 7) is 2.14. The molecule has 0 unspecified atom stereocenters. The van der Waals surface area contributed by atoms with Crippen LogP contribution in [0.3, 0.4) is 0 Å². The van der Waals surface area contributed by atoms with Crippen molar-refractivity contribution in [2.75, 3.05) is 13.1 Å². The van der Waals surface area contributed by atoms with Crippen LogP contribution in [-0.4, -0.2) is 18.1 Å². The summed E-state index contributed by atoms with van der Waals surface area (Å²) in [5, 5.41) is 5.38. The molecular weight excluding hydrogens is 232 g/mol. The Labute approximate surface area is 104 Å². The second-order valence-electron chi connectivity index (χ2n) is 4.11. The molecular formula is C13H14N2OS. The summed E-state index contributed by atoms with van der Waals surface area (Å²) in [6, 6.07) is 4.03. The molecule has 1 aliphatic heterocycles. The Bertz CT molecular complexity index is 505. The average Bonchev–Trinajstić information content (AvgIpc) is 3.00. The number of rotatable bonds is 2. The third-order valence-electron chi connectivity index (χ3n) is 2.85. The Balaban J connectivity index is 1.80. The normalized spacial score (nSPS) is 16.1. The second kappa shape index (κ2) is 4.85. The van der Waals surface area contributed by atoms with E-state index in [0.29, 0.717) is 0 Å². The minimum Gasteiger partial charge on any atom is -0.443 e. The largest absolute Gasteiger partial charge is 0.443 e. The monoisotopic (exact) mass is 246 g/mol. The molecule has 1 N–H and O–H groups in total. The maximum Gasteiger partial charge on any atom is 0.236 e. The summed E-state index contributed by atoms with van der Waals surface area (Å²) in [4.78, 5) is 5.58. The topological polar surface area (TPSA) is 38.1 Å². The summed E-state index contributed by atoms with van der Waals surface area (Å²) in [5.74, 6) is 0.723. The summed E-state index contributed by atoms with van der Waals surface area (Å²) >= 11 is 1.65. The summed E-state index contributed by atoms with van der Waals surface area (Å²) in [5.41, 5.74) is 2.39. The van der Waals surface area contributed by atoms with E-state index in [-0.39, 0.29) is 0 Å². The lowest BCUT2D eigenvalue weighted by atomic mass is 10.0. The Kier molecular flexibility index (Phi) is 3.07.